The van der Waals surface area contributed by atoms with Crippen LogP contribution >= 0.6 is 15.9 Å². The number of halogens is 1. The Balaban J connectivity index is 2.68. The van der Waals surface area contributed by atoms with Crippen molar-refractivity contribution in [3.63, 3.8) is 0 Å². The van der Waals surface area contributed by atoms with Gasteiger partial charge in [0, 0.05) is 16.2 Å². The Hall–Kier alpha value is -0.500. The largest absolute Gasteiger partial charge is 0.382 e. The predicted octanol–water partition coefficient (Wildman–Crippen LogP) is 5.14. The Labute approximate surface area is 108 Å². The molecule has 0 unspecified atom stereocenters. The fourth-order valence-electron chi connectivity index (χ4n) is 2.04. The zero-order chi connectivity index (χ0) is 12.0. The summed E-state index contributed by atoms with van der Waals surface area (Å²) < 4.78 is 1.15. The lowest BCUT2D eigenvalue weighted by atomic mass is 10.1. The van der Waals surface area contributed by atoms with E-state index in [1.165, 1.54) is 36.9 Å². The van der Waals surface area contributed by atoms with Gasteiger partial charge in [-0.1, -0.05) is 42.6 Å². The summed E-state index contributed by atoms with van der Waals surface area (Å²) >= 11 is 3.54. The molecule has 0 amide bonds. The van der Waals surface area contributed by atoms with Crippen molar-refractivity contribution in [3.05, 3.63) is 28.2 Å². The van der Waals surface area contributed by atoms with Gasteiger partial charge in [0.05, 0.1) is 0 Å². The van der Waals surface area contributed by atoms with Crippen LogP contribution in [0.15, 0.2) is 22.7 Å². The predicted molar refractivity (Wildman–Crippen MR) is 76.1 cm³/mol. The van der Waals surface area contributed by atoms with E-state index < -0.39 is 0 Å². The molecule has 1 aromatic carbocycles. The highest BCUT2D eigenvalue weighted by atomic mass is 79.9. The molecule has 0 radical (unpaired) electrons. The molecular weight excluding hydrogens is 262 g/mol. The Morgan fingerprint density at radius 2 is 1.75 bits per heavy atom. The molecule has 1 aromatic rings. The van der Waals surface area contributed by atoms with Crippen molar-refractivity contribution in [2.24, 2.45) is 0 Å². The van der Waals surface area contributed by atoms with Crippen LogP contribution < -0.4 is 5.32 Å². The lowest BCUT2D eigenvalue weighted by molar-refractivity contribution is 0.586. The fourth-order valence-corrected chi connectivity index (χ4v) is 2.65. The standard InChI is InChI=1S/C14H22BrN/c1-4-6-13(7-5-2)16-14-9-11(3)8-12(15)10-14/h8-10,13,16H,4-7H2,1-3H3. The van der Waals surface area contributed by atoms with Gasteiger partial charge < -0.3 is 5.32 Å². The molecule has 0 saturated carbocycles. The van der Waals surface area contributed by atoms with Crippen molar-refractivity contribution >= 4 is 21.6 Å². The molecule has 0 fully saturated rings. The van der Waals surface area contributed by atoms with E-state index in [-0.39, 0.29) is 0 Å². The molecule has 0 aromatic heterocycles. The van der Waals surface area contributed by atoms with Gasteiger partial charge in [-0.05, 0) is 43.5 Å². The summed E-state index contributed by atoms with van der Waals surface area (Å²) in [6.07, 6.45) is 4.98. The van der Waals surface area contributed by atoms with Crippen molar-refractivity contribution in [3.8, 4) is 0 Å². The van der Waals surface area contributed by atoms with Crippen LogP contribution in [0.3, 0.4) is 0 Å². The molecule has 0 aliphatic heterocycles. The van der Waals surface area contributed by atoms with E-state index in [1.807, 2.05) is 0 Å². The van der Waals surface area contributed by atoms with Crippen molar-refractivity contribution in [1.29, 1.82) is 0 Å². The number of anilines is 1. The van der Waals surface area contributed by atoms with Crippen molar-refractivity contribution in [1.82, 2.24) is 0 Å². The van der Waals surface area contributed by atoms with Gasteiger partial charge in [-0.25, -0.2) is 0 Å². The first-order valence-corrected chi connectivity index (χ1v) is 6.98. The van der Waals surface area contributed by atoms with Gasteiger partial charge in [0.2, 0.25) is 0 Å². The van der Waals surface area contributed by atoms with E-state index in [0.29, 0.717) is 6.04 Å². The van der Waals surface area contributed by atoms with Crippen molar-refractivity contribution in [2.75, 3.05) is 5.32 Å². The van der Waals surface area contributed by atoms with Gasteiger partial charge >= 0.3 is 0 Å². The zero-order valence-electron chi connectivity index (χ0n) is 10.5. The summed E-state index contributed by atoms with van der Waals surface area (Å²) in [5.41, 5.74) is 2.53. The molecule has 2 heteroatoms. The lowest BCUT2D eigenvalue weighted by Gasteiger charge is -2.19. The Bertz CT molecular complexity index is 296. The fraction of sp³-hybridized carbons (Fsp3) is 0.571. The average Bonchev–Trinajstić information content (AvgIpc) is 2.16. The van der Waals surface area contributed by atoms with Gasteiger partial charge in [0.1, 0.15) is 0 Å². The van der Waals surface area contributed by atoms with Crippen LogP contribution in [0.5, 0.6) is 0 Å². The Morgan fingerprint density at radius 1 is 1.12 bits per heavy atom. The Morgan fingerprint density at radius 3 is 2.25 bits per heavy atom. The van der Waals surface area contributed by atoms with Crippen LogP contribution in [-0.2, 0) is 0 Å². The maximum Gasteiger partial charge on any atom is 0.0356 e. The highest BCUT2D eigenvalue weighted by molar-refractivity contribution is 9.10. The second-order valence-electron chi connectivity index (χ2n) is 4.44. The van der Waals surface area contributed by atoms with Crippen LogP contribution in [0.4, 0.5) is 5.69 Å². The van der Waals surface area contributed by atoms with E-state index in [1.54, 1.807) is 0 Å². The van der Waals surface area contributed by atoms with E-state index in [4.69, 9.17) is 0 Å². The van der Waals surface area contributed by atoms with Gasteiger partial charge in [-0.2, -0.15) is 0 Å². The molecule has 0 aliphatic rings. The van der Waals surface area contributed by atoms with E-state index >= 15 is 0 Å². The van der Waals surface area contributed by atoms with E-state index in [9.17, 15) is 0 Å². The van der Waals surface area contributed by atoms with E-state index in [0.717, 1.165) is 4.47 Å². The number of hydrogen-bond acceptors (Lipinski definition) is 1. The summed E-state index contributed by atoms with van der Waals surface area (Å²) in [6, 6.07) is 7.12. The minimum absolute atomic E-state index is 0.615. The molecule has 1 rings (SSSR count). The number of hydrogen-bond donors (Lipinski definition) is 1. The number of benzene rings is 1. The normalized spacial score (nSPS) is 10.8. The second-order valence-corrected chi connectivity index (χ2v) is 5.35. The molecule has 0 spiro atoms. The number of rotatable bonds is 6. The summed E-state index contributed by atoms with van der Waals surface area (Å²) in [5.74, 6) is 0. The van der Waals surface area contributed by atoms with Gasteiger partial charge in [0.15, 0.2) is 0 Å². The average molecular weight is 284 g/mol. The maximum atomic E-state index is 3.63. The smallest absolute Gasteiger partial charge is 0.0356 e. The van der Waals surface area contributed by atoms with Crippen molar-refractivity contribution in [2.45, 2.75) is 52.5 Å². The molecule has 0 aliphatic carbocycles. The molecule has 90 valence electrons. The first-order valence-electron chi connectivity index (χ1n) is 6.19. The minimum Gasteiger partial charge on any atom is -0.382 e. The third-order valence-corrected chi connectivity index (χ3v) is 3.15. The molecule has 0 heterocycles. The molecular formula is C14H22BrN. The molecule has 16 heavy (non-hydrogen) atoms. The summed E-state index contributed by atoms with van der Waals surface area (Å²) in [6.45, 7) is 6.62. The molecule has 0 atom stereocenters. The second kappa shape index (κ2) is 6.95. The molecule has 1 N–H and O–H groups in total. The van der Waals surface area contributed by atoms with Gasteiger partial charge in [-0.3, -0.25) is 0 Å². The van der Waals surface area contributed by atoms with Crippen LogP contribution in [0.25, 0.3) is 0 Å². The van der Waals surface area contributed by atoms with Gasteiger partial charge in [-0.15, -0.1) is 0 Å². The third-order valence-electron chi connectivity index (χ3n) is 2.69. The molecule has 0 saturated heterocycles. The topological polar surface area (TPSA) is 12.0 Å². The highest BCUT2D eigenvalue weighted by Gasteiger charge is 2.06. The monoisotopic (exact) mass is 283 g/mol. The molecule has 1 nitrogen and oxygen atoms in total. The summed E-state index contributed by atoms with van der Waals surface area (Å²) in [4.78, 5) is 0. The zero-order valence-corrected chi connectivity index (χ0v) is 12.1. The molecule has 0 bridgehead atoms. The summed E-state index contributed by atoms with van der Waals surface area (Å²) in [7, 11) is 0. The van der Waals surface area contributed by atoms with Crippen LogP contribution in [-0.4, -0.2) is 6.04 Å². The lowest BCUT2D eigenvalue weighted by Crippen LogP contribution is -2.18. The van der Waals surface area contributed by atoms with Gasteiger partial charge in [0.25, 0.3) is 0 Å². The third kappa shape index (κ3) is 4.56. The van der Waals surface area contributed by atoms with Crippen LogP contribution in [0.1, 0.15) is 45.1 Å². The first kappa shape index (κ1) is 13.6. The van der Waals surface area contributed by atoms with E-state index in [2.05, 4.69) is 60.2 Å². The quantitative estimate of drug-likeness (QED) is 0.762. The first-order chi connectivity index (χ1) is 7.65. The van der Waals surface area contributed by atoms with Crippen molar-refractivity contribution < 1.29 is 0 Å². The van der Waals surface area contributed by atoms with Crippen LogP contribution in [0.2, 0.25) is 0 Å². The Kier molecular flexibility index (Phi) is 5.89. The highest BCUT2D eigenvalue weighted by Crippen LogP contribution is 2.21. The number of nitrogens with one attached hydrogen (secondary N) is 1. The SMILES string of the molecule is CCCC(CCC)Nc1cc(C)cc(Br)c1. The summed E-state index contributed by atoms with van der Waals surface area (Å²) in [5, 5.41) is 3.63. The number of aryl methyl sites for hydroxylation is 1. The van der Waals surface area contributed by atoms with Crippen LogP contribution in [0, 0.1) is 6.92 Å². The minimum atomic E-state index is 0.615. The maximum absolute atomic E-state index is 3.63.